The molecule has 1 unspecified atom stereocenters. The van der Waals surface area contributed by atoms with Crippen LogP contribution in [0.1, 0.15) is 48.5 Å². The molecule has 1 aromatic carbocycles. The van der Waals surface area contributed by atoms with E-state index in [0.29, 0.717) is 38.4 Å². The van der Waals surface area contributed by atoms with Gasteiger partial charge in [-0.05, 0) is 69.0 Å². The molecule has 2 aliphatic heterocycles. The van der Waals surface area contributed by atoms with Gasteiger partial charge in [-0.1, -0.05) is 6.92 Å². The van der Waals surface area contributed by atoms with Gasteiger partial charge < -0.3 is 15.1 Å². The second-order valence-electron chi connectivity index (χ2n) is 8.50. The van der Waals surface area contributed by atoms with E-state index in [4.69, 9.17) is 0 Å². The van der Waals surface area contributed by atoms with Crippen molar-refractivity contribution in [1.29, 1.82) is 0 Å². The van der Waals surface area contributed by atoms with E-state index in [1.807, 2.05) is 0 Å². The van der Waals surface area contributed by atoms with Gasteiger partial charge in [-0.15, -0.1) is 0 Å². The Morgan fingerprint density at radius 2 is 1.67 bits per heavy atom. The number of piperidine rings is 1. The third kappa shape index (κ3) is 5.97. The lowest BCUT2D eigenvalue weighted by molar-refractivity contribution is -0.137. The zero-order valence-corrected chi connectivity index (χ0v) is 17.4. The molecule has 0 saturated carbocycles. The highest BCUT2D eigenvalue weighted by molar-refractivity contribution is 5.94. The third-order valence-corrected chi connectivity index (χ3v) is 6.01. The number of amides is 2. The number of hydrogen-bond donors (Lipinski definition) is 1. The van der Waals surface area contributed by atoms with E-state index >= 15 is 0 Å². The summed E-state index contributed by atoms with van der Waals surface area (Å²) in [6.45, 7) is 6.94. The van der Waals surface area contributed by atoms with E-state index < -0.39 is 11.7 Å². The van der Waals surface area contributed by atoms with Crippen molar-refractivity contribution in [3.05, 3.63) is 35.4 Å². The van der Waals surface area contributed by atoms with E-state index in [1.54, 1.807) is 4.90 Å². The average molecular weight is 425 g/mol. The van der Waals surface area contributed by atoms with E-state index in [9.17, 15) is 22.8 Å². The van der Waals surface area contributed by atoms with Crippen LogP contribution in [0.2, 0.25) is 0 Å². The van der Waals surface area contributed by atoms with Gasteiger partial charge in [0.1, 0.15) is 0 Å². The topological polar surface area (TPSA) is 52.7 Å². The molecule has 2 fully saturated rings. The molecule has 166 valence electrons. The van der Waals surface area contributed by atoms with Crippen LogP contribution in [0.3, 0.4) is 0 Å². The molecule has 2 amide bonds. The van der Waals surface area contributed by atoms with Crippen LogP contribution in [-0.4, -0.2) is 60.9 Å². The molecule has 2 saturated heterocycles. The Morgan fingerprint density at radius 3 is 2.23 bits per heavy atom. The highest BCUT2D eigenvalue weighted by Crippen LogP contribution is 2.29. The minimum Gasteiger partial charge on any atom is -0.356 e. The molecule has 2 heterocycles. The Kier molecular flexibility index (Phi) is 7.39. The summed E-state index contributed by atoms with van der Waals surface area (Å²) in [4.78, 5) is 29.1. The first-order chi connectivity index (χ1) is 14.2. The van der Waals surface area contributed by atoms with Crippen molar-refractivity contribution in [2.24, 2.45) is 11.8 Å². The maximum absolute atomic E-state index is 12.7. The summed E-state index contributed by atoms with van der Waals surface area (Å²) < 4.78 is 38.0. The molecule has 8 heteroatoms. The minimum atomic E-state index is -4.42. The van der Waals surface area contributed by atoms with Crippen LogP contribution in [-0.2, 0) is 11.0 Å². The van der Waals surface area contributed by atoms with Gasteiger partial charge in [0.25, 0.3) is 5.91 Å². The molecule has 1 N–H and O–H groups in total. The van der Waals surface area contributed by atoms with Crippen LogP contribution in [0.15, 0.2) is 24.3 Å². The van der Waals surface area contributed by atoms with Crippen LogP contribution in [0.25, 0.3) is 0 Å². The molecule has 30 heavy (non-hydrogen) atoms. The first-order valence-corrected chi connectivity index (χ1v) is 10.7. The SMILES string of the molecule is CC(CNC(=O)C1CCN(C(=O)c2ccc(C(F)(F)F)cc2)CC1)CN1CCCC1. The van der Waals surface area contributed by atoms with Gasteiger partial charge in [-0.2, -0.15) is 13.2 Å². The maximum atomic E-state index is 12.7. The molecule has 0 aliphatic carbocycles. The number of nitrogens with zero attached hydrogens (tertiary/aromatic N) is 2. The molecule has 2 aliphatic rings. The van der Waals surface area contributed by atoms with Gasteiger partial charge in [0, 0.05) is 37.7 Å². The lowest BCUT2D eigenvalue weighted by Crippen LogP contribution is -2.44. The lowest BCUT2D eigenvalue weighted by atomic mass is 9.95. The Morgan fingerprint density at radius 1 is 1.07 bits per heavy atom. The Labute approximate surface area is 175 Å². The van der Waals surface area contributed by atoms with E-state index in [0.717, 1.165) is 31.8 Å². The normalized spacial score (nSPS) is 19.7. The molecule has 1 aromatic rings. The van der Waals surface area contributed by atoms with Gasteiger partial charge in [0.15, 0.2) is 0 Å². The lowest BCUT2D eigenvalue weighted by Gasteiger charge is -2.31. The third-order valence-electron chi connectivity index (χ3n) is 6.01. The number of likely N-dealkylation sites (tertiary alicyclic amines) is 2. The number of carbonyl (C=O) groups is 2. The van der Waals surface area contributed by atoms with E-state index in [-0.39, 0.29) is 23.3 Å². The second-order valence-corrected chi connectivity index (χ2v) is 8.50. The summed E-state index contributed by atoms with van der Waals surface area (Å²) in [6, 6.07) is 4.28. The number of rotatable bonds is 6. The van der Waals surface area contributed by atoms with Gasteiger partial charge >= 0.3 is 6.18 Å². The monoisotopic (exact) mass is 425 g/mol. The number of nitrogens with one attached hydrogen (secondary N) is 1. The van der Waals surface area contributed by atoms with E-state index in [1.165, 1.54) is 25.0 Å². The predicted molar refractivity (Wildman–Crippen MR) is 108 cm³/mol. The number of carbonyl (C=O) groups excluding carboxylic acids is 2. The first kappa shape index (κ1) is 22.6. The molecule has 0 spiro atoms. The van der Waals surface area contributed by atoms with Crippen LogP contribution in [0.4, 0.5) is 13.2 Å². The Hall–Kier alpha value is -2.09. The summed E-state index contributed by atoms with van der Waals surface area (Å²) in [6.07, 6.45) is -0.775. The van der Waals surface area contributed by atoms with E-state index in [2.05, 4.69) is 17.1 Å². The minimum absolute atomic E-state index is 0.0323. The molecular weight excluding hydrogens is 395 g/mol. The predicted octanol–water partition coefficient (Wildman–Crippen LogP) is 3.41. The van der Waals surface area contributed by atoms with Crippen molar-refractivity contribution < 1.29 is 22.8 Å². The zero-order chi connectivity index (χ0) is 21.7. The quantitative estimate of drug-likeness (QED) is 0.760. The smallest absolute Gasteiger partial charge is 0.356 e. The molecule has 5 nitrogen and oxygen atoms in total. The van der Waals surface area contributed by atoms with Crippen LogP contribution in [0.5, 0.6) is 0 Å². The van der Waals surface area contributed by atoms with Crippen LogP contribution >= 0.6 is 0 Å². The van der Waals surface area contributed by atoms with Crippen LogP contribution < -0.4 is 5.32 Å². The highest BCUT2D eigenvalue weighted by atomic mass is 19.4. The molecule has 0 aromatic heterocycles. The maximum Gasteiger partial charge on any atom is 0.416 e. The second kappa shape index (κ2) is 9.81. The fourth-order valence-electron chi connectivity index (χ4n) is 4.22. The van der Waals surface area contributed by atoms with Gasteiger partial charge in [-0.25, -0.2) is 0 Å². The number of hydrogen-bond acceptors (Lipinski definition) is 3. The van der Waals surface area contributed by atoms with Crippen molar-refractivity contribution >= 4 is 11.8 Å². The summed E-state index contributed by atoms with van der Waals surface area (Å²) in [5.41, 5.74) is -0.532. The summed E-state index contributed by atoms with van der Waals surface area (Å²) in [5, 5.41) is 3.05. The van der Waals surface area contributed by atoms with Crippen molar-refractivity contribution in [3.8, 4) is 0 Å². The summed E-state index contributed by atoms with van der Waals surface area (Å²) in [5.74, 6) is 0.0146. The first-order valence-electron chi connectivity index (χ1n) is 10.7. The number of halogens is 3. The van der Waals surface area contributed by atoms with Crippen molar-refractivity contribution in [2.45, 2.75) is 38.8 Å². The zero-order valence-electron chi connectivity index (χ0n) is 17.4. The molecule has 3 rings (SSSR count). The fourth-order valence-corrected chi connectivity index (χ4v) is 4.22. The summed E-state index contributed by atoms with van der Waals surface area (Å²) >= 11 is 0. The summed E-state index contributed by atoms with van der Waals surface area (Å²) in [7, 11) is 0. The van der Waals surface area contributed by atoms with Gasteiger partial charge in [0.2, 0.25) is 5.91 Å². The Balaban J connectivity index is 1.42. The molecular formula is C22H30F3N3O2. The van der Waals surface area contributed by atoms with Crippen molar-refractivity contribution in [1.82, 2.24) is 15.1 Å². The Bertz CT molecular complexity index is 722. The van der Waals surface area contributed by atoms with Crippen molar-refractivity contribution in [2.75, 3.05) is 39.3 Å². The van der Waals surface area contributed by atoms with Crippen LogP contribution in [0, 0.1) is 11.8 Å². The standard InChI is InChI=1S/C22H30F3N3O2/c1-16(15-27-10-2-3-11-27)14-26-20(29)17-8-12-28(13-9-17)21(30)18-4-6-19(7-5-18)22(23,24)25/h4-7,16-17H,2-3,8-15H2,1H3,(H,26,29). The molecule has 0 bridgehead atoms. The average Bonchev–Trinajstić information content (AvgIpc) is 3.24. The molecule has 0 radical (unpaired) electrons. The highest BCUT2D eigenvalue weighted by Gasteiger charge is 2.31. The fraction of sp³-hybridized carbons (Fsp3) is 0.636. The largest absolute Gasteiger partial charge is 0.416 e. The van der Waals surface area contributed by atoms with Gasteiger partial charge in [0.05, 0.1) is 5.56 Å². The number of alkyl halides is 3. The number of benzene rings is 1. The van der Waals surface area contributed by atoms with Gasteiger partial charge in [-0.3, -0.25) is 9.59 Å². The van der Waals surface area contributed by atoms with Crippen molar-refractivity contribution in [3.63, 3.8) is 0 Å². The molecule has 1 atom stereocenters.